The zero-order chi connectivity index (χ0) is 40.7. The Morgan fingerprint density at radius 1 is 0.679 bits per heavy atom. The van der Waals surface area contributed by atoms with Gasteiger partial charge in [-0.1, -0.05) is 19.9 Å². The third-order valence-electron chi connectivity index (χ3n) is 15.0. The van der Waals surface area contributed by atoms with Crippen molar-refractivity contribution in [1.82, 2.24) is 0 Å². The van der Waals surface area contributed by atoms with E-state index in [9.17, 15) is 61.0 Å². The molecule has 3 aliphatic heterocycles. The number of hydrogen-bond acceptors (Lipinski definition) is 18. The van der Waals surface area contributed by atoms with Gasteiger partial charge in [0.05, 0.1) is 30.8 Å². The van der Waals surface area contributed by atoms with Crippen LogP contribution in [-0.2, 0) is 33.2 Å². The van der Waals surface area contributed by atoms with E-state index in [4.69, 9.17) is 28.4 Å². The Morgan fingerprint density at radius 3 is 1.82 bits per heavy atom. The summed E-state index contributed by atoms with van der Waals surface area (Å²) in [6.07, 6.45) is -17.8. The van der Waals surface area contributed by atoms with Crippen molar-refractivity contribution in [3.63, 3.8) is 0 Å². The Bertz CT molecular complexity index is 1450. The zero-order valence-corrected chi connectivity index (χ0v) is 31.8. The van der Waals surface area contributed by atoms with Gasteiger partial charge in [-0.3, -0.25) is 4.79 Å². The standard InChI is InChI=1S/C38H60O18/c1-16-11-37-9-5-20-35(2,7-4-8-36(20,3)34(50)55-32-29(49)26(46)23(43)18(13-40)52-32)21(37)6-10-38(16,15-37)56-33-30(27(47)24(44)19(14-41)53-33)54-31-28(48)25(45)22(42)17(12-39)51-31/h17-33,39-49H,1,4-15H2,2-3H3/t17-,18-,19-,20+,21+,22-,23-,24-,25+,26+,27+,28-,29-,30?,31+,32+,33+,35-,36-,37?,38+/m1/s1. The average Bonchev–Trinajstić information content (AvgIpc) is 3.37. The predicted octanol–water partition coefficient (Wildman–Crippen LogP) is -2.94. The molecule has 4 saturated carbocycles. The third kappa shape index (κ3) is 6.69. The molecule has 7 rings (SSSR count). The Balaban J connectivity index is 1.10. The maximum absolute atomic E-state index is 14.1. The van der Waals surface area contributed by atoms with Gasteiger partial charge in [-0.25, -0.2) is 0 Å². The molecule has 4 aliphatic carbocycles. The van der Waals surface area contributed by atoms with E-state index in [-0.39, 0.29) is 22.7 Å². The van der Waals surface area contributed by atoms with Gasteiger partial charge in [0.1, 0.15) is 73.2 Å². The van der Waals surface area contributed by atoms with E-state index in [1.807, 2.05) is 6.92 Å². The van der Waals surface area contributed by atoms with Gasteiger partial charge in [0.15, 0.2) is 12.6 Å². The summed E-state index contributed by atoms with van der Waals surface area (Å²) in [5.74, 6) is -0.591. The molecule has 56 heavy (non-hydrogen) atoms. The average molecular weight is 805 g/mol. The summed E-state index contributed by atoms with van der Waals surface area (Å²) >= 11 is 0. The highest BCUT2D eigenvalue weighted by atomic mass is 16.8. The van der Waals surface area contributed by atoms with E-state index in [0.717, 1.165) is 18.4 Å². The van der Waals surface area contributed by atoms with Gasteiger partial charge >= 0.3 is 5.97 Å². The molecule has 2 bridgehead atoms. The van der Waals surface area contributed by atoms with Crippen LogP contribution in [0.3, 0.4) is 0 Å². The van der Waals surface area contributed by atoms with Crippen molar-refractivity contribution in [3.8, 4) is 0 Å². The molecule has 7 fully saturated rings. The fourth-order valence-corrected chi connectivity index (χ4v) is 12.0. The van der Waals surface area contributed by atoms with E-state index < -0.39 is 129 Å². The van der Waals surface area contributed by atoms with Crippen LogP contribution in [0.5, 0.6) is 0 Å². The lowest BCUT2D eigenvalue weighted by Gasteiger charge is -2.64. The normalized spacial score (nSPS) is 54.6. The van der Waals surface area contributed by atoms with Crippen LogP contribution < -0.4 is 0 Å². The Labute approximate surface area is 324 Å². The summed E-state index contributed by atoms with van der Waals surface area (Å²) in [4.78, 5) is 14.1. The number of rotatable bonds is 9. The van der Waals surface area contributed by atoms with Crippen molar-refractivity contribution in [1.29, 1.82) is 0 Å². The van der Waals surface area contributed by atoms with Gasteiger partial charge in [-0.2, -0.15) is 0 Å². The molecule has 1 spiro atoms. The monoisotopic (exact) mass is 804 g/mol. The minimum Gasteiger partial charge on any atom is -0.432 e. The van der Waals surface area contributed by atoms with Crippen LogP contribution in [0.1, 0.15) is 71.6 Å². The van der Waals surface area contributed by atoms with Crippen LogP contribution in [0.25, 0.3) is 0 Å². The number of esters is 1. The summed E-state index contributed by atoms with van der Waals surface area (Å²) in [7, 11) is 0. The molecule has 0 aromatic rings. The number of carbonyl (C=O) groups is 1. The number of ether oxygens (including phenoxy) is 6. The molecular weight excluding hydrogens is 744 g/mol. The molecule has 320 valence electrons. The second-order valence-electron chi connectivity index (χ2n) is 18.0. The highest BCUT2D eigenvalue weighted by Crippen LogP contribution is 2.73. The van der Waals surface area contributed by atoms with Crippen molar-refractivity contribution in [2.24, 2.45) is 28.1 Å². The maximum atomic E-state index is 14.1. The van der Waals surface area contributed by atoms with Gasteiger partial charge in [-0.15, -0.1) is 0 Å². The van der Waals surface area contributed by atoms with Gasteiger partial charge in [0.25, 0.3) is 0 Å². The lowest BCUT2D eigenvalue weighted by atomic mass is 9.41. The molecule has 0 amide bonds. The third-order valence-corrected chi connectivity index (χ3v) is 15.0. The molecule has 18 heteroatoms. The van der Waals surface area contributed by atoms with Crippen molar-refractivity contribution >= 4 is 5.97 Å². The molecule has 0 aromatic carbocycles. The highest BCUT2D eigenvalue weighted by molar-refractivity contribution is 5.77. The first-order valence-electron chi connectivity index (χ1n) is 19.9. The topological polar surface area (TPSA) is 295 Å². The smallest absolute Gasteiger partial charge is 0.314 e. The fraction of sp³-hybridized carbons (Fsp3) is 0.921. The molecule has 3 saturated heterocycles. The molecule has 3 heterocycles. The molecule has 0 aromatic heterocycles. The second-order valence-corrected chi connectivity index (χ2v) is 18.0. The number of aliphatic hydroxyl groups is 11. The van der Waals surface area contributed by atoms with Crippen LogP contribution in [0.4, 0.5) is 0 Å². The van der Waals surface area contributed by atoms with Crippen molar-refractivity contribution in [2.45, 2.75) is 169 Å². The number of aliphatic hydroxyl groups excluding tert-OH is 11. The summed E-state index contributed by atoms with van der Waals surface area (Å²) < 4.78 is 35.6. The first-order chi connectivity index (χ1) is 26.4. The van der Waals surface area contributed by atoms with Crippen LogP contribution in [0, 0.1) is 28.1 Å². The fourth-order valence-electron chi connectivity index (χ4n) is 12.0. The first kappa shape index (κ1) is 42.7. The van der Waals surface area contributed by atoms with Crippen LogP contribution >= 0.6 is 0 Å². The number of fused-ring (bicyclic) bond motifs is 3. The largest absolute Gasteiger partial charge is 0.432 e. The predicted molar refractivity (Wildman–Crippen MR) is 186 cm³/mol. The van der Waals surface area contributed by atoms with E-state index in [0.29, 0.717) is 44.9 Å². The zero-order valence-electron chi connectivity index (χ0n) is 31.8. The Kier molecular flexibility index (Phi) is 11.9. The number of carbonyl (C=O) groups excluding carboxylic acids is 1. The van der Waals surface area contributed by atoms with Crippen LogP contribution in [0.2, 0.25) is 0 Å². The molecular formula is C38H60O18. The Morgan fingerprint density at radius 2 is 1.21 bits per heavy atom. The molecule has 21 atom stereocenters. The summed E-state index contributed by atoms with van der Waals surface area (Å²) in [5.41, 5.74) is -1.80. The second kappa shape index (κ2) is 15.6. The van der Waals surface area contributed by atoms with Gasteiger partial charge in [0, 0.05) is 0 Å². The lowest BCUT2D eigenvalue weighted by Crippen LogP contribution is -2.65. The highest BCUT2D eigenvalue weighted by Gasteiger charge is 2.69. The summed E-state index contributed by atoms with van der Waals surface area (Å²) in [5, 5.41) is 114. The summed E-state index contributed by atoms with van der Waals surface area (Å²) in [6.45, 7) is 6.52. The first-order valence-corrected chi connectivity index (χ1v) is 19.9. The summed E-state index contributed by atoms with van der Waals surface area (Å²) in [6, 6.07) is 0. The molecule has 0 radical (unpaired) electrons. The van der Waals surface area contributed by atoms with Gasteiger partial charge < -0.3 is 84.6 Å². The van der Waals surface area contributed by atoms with Gasteiger partial charge in [-0.05, 0) is 86.5 Å². The lowest BCUT2D eigenvalue weighted by molar-refractivity contribution is -0.378. The van der Waals surface area contributed by atoms with Gasteiger partial charge in [0.2, 0.25) is 6.29 Å². The van der Waals surface area contributed by atoms with Crippen molar-refractivity contribution < 1.29 is 89.4 Å². The molecule has 11 N–H and O–H groups in total. The van der Waals surface area contributed by atoms with E-state index in [2.05, 4.69) is 13.5 Å². The SMILES string of the molecule is C=C1CC23CC[C@H]4[C@@](C)(CCC[C@@]4(C)C(=O)O[C@@H]4O[C@H](CO)[C@@H](O)[C@H](O)[C@H]4O)[C@@H]2CC[C@]1(O[C@@H]1O[C@H](CO)[C@@H](O)[C@H](O)C1O[C@@H]1O[C@H](CO)[C@@H](O)[C@H](O)[C@H]1O)C3. The molecule has 7 aliphatic rings. The van der Waals surface area contributed by atoms with E-state index >= 15 is 0 Å². The van der Waals surface area contributed by atoms with E-state index in [1.165, 1.54) is 0 Å². The quantitative estimate of drug-likeness (QED) is 0.0631. The van der Waals surface area contributed by atoms with E-state index in [1.54, 1.807) is 0 Å². The van der Waals surface area contributed by atoms with Crippen molar-refractivity contribution in [3.05, 3.63) is 12.2 Å². The number of hydrogen-bond donors (Lipinski definition) is 11. The Hall–Kier alpha value is -1.43. The molecule has 18 nitrogen and oxygen atoms in total. The van der Waals surface area contributed by atoms with Crippen LogP contribution in [-0.4, -0.2) is 180 Å². The van der Waals surface area contributed by atoms with Crippen molar-refractivity contribution in [2.75, 3.05) is 19.8 Å². The maximum Gasteiger partial charge on any atom is 0.314 e. The van der Waals surface area contributed by atoms with Crippen LogP contribution in [0.15, 0.2) is 12.2 Å². The minimum absolute atomic E-state index is 0.121. The minimum atomic E-state index is -1.81. The molecule has 2 unspecified atom stereocenters.